The van der Waals surface area contributed by atoms with Crippen LogP contribution < -0.4 is 0 Å². The summed E-state index contributed by atoms with van der Waals surface area (Å²) < 4.78 is 0. The van der Waals surface area contributed by atoms with Gasteiger partial charge in [-0.3, -0.25) is 9.69 Å². The van der Waals surface area contributed by atoms with E-state index in [9.17, 15) is 4.79 Å². The summed E-state index contributed by atoms with van der Waals surface area (Å²) in [7, 11) is 0. The minimum absolute atomic E-state index is 0.247. The lowest BCUT2D eigenvalue weighted by Crippen LogP contribution is -2.45. The fraction of sp³-hybridized carbons (Fsp3) is 0.688. The minimum Gasteiger partial charge on any atom is -0.337 e. The maximum absolute atomic E-state index is 12.6. The van der Waals surface area contributed by atoms with Gasteiger partial charge in [0.2, 0.25) is 0 Å². The first-order valence-electron chi connectivity index (χ1n) is 7.85. The van der Waals surface area contributed by atoms with Gasteiger partial charge in [0.25, 0.3) is 5.91 Å². The maximum atomic E-state index is 12.6. The first kappa shape index (κ1) is 12.8. The van der Waals surface area contributed by atoms with E-state index in [1.807, 2.05) is 16.8 Å². The highest BCUT2D eigenvalue weighted by atomic mass is 32.1. The van der Waals surface area contributed by atoms with Gasteiger partial charge in [0.15, 0.2) is 0 Å². The monoisotopic (exact) mass is 290 g/mol. The van der Waals surface area contributed by atoms with E-state index in [2.05, 4.69) is 9.80 Å². The Bertz CT molecular complexity index is 483. The molecule has 1 aliphatic carbocycles. The summed E-state index contributed by atoms with van der Waals surface area (Å²) in [4.78, 5) is 17.4. The van der Waals surface area contributed by atoms with Gasteiger partial charge in [0.1, 0.15) is 0 Å². The summed E-state index contributed by atoms with van der Waals surface area (Å²) in [5.74, 6) is 1.89. The van der Waals surface area contributed by atoms with Crippen molar-refractivity contribution >= 4 is 17.2 Å². The number of hydrogen-bond donors (Lipinski definition) is 0. The van der Waals surface area contributed by atoms with Crippen LogP contribution in [0.25, 0.3) is 0 Å². The van der Waals surface area contributed by atoms with Gasteiger partial charge in [0, 0.05) is 37.6 Å². The van der Waals surface area contributed by atoms with Crippen molar-refractivity contribution in [2.75, 3.05) is 26.2 Å². The third kappa shape index (κ3) is 2.51. The van der Waals surface area contributed by atoms with Crippen LogP contribution in [0.3, 0.4) is 0 Å². The molecule has 5 rings (SSSR count). The van der Waals surface area contributed by atoms with E-state index < -0.39 is 0 Å². The van der Waals surface area contributed by atoms with Crippen molar-refractivity contribution < 1.29 is 4.79 Å². The molecule has 4 heterocycles. The van der Waals surface area contributed by atoms with Crippen LogP contribution in [0.1, 0.15) is 36.0 Å². The van der Waals surface area contributed by atoms with E-state index in [1.54, 1.807) is 11.3 Å². The highest BCUT2D eigenvalue weighted by Gasteiger charge is 2.38. The van der Waals surface area contributed by atoms with Gasteiger partial charge < -0.3 is 4.90 Å². The number of carbonyl (C=O) groups is 1. The van der Waals surface area contributed by atoms with Crippen molar-refractivity contribution in [3.8, 4) is 0 Å². The van der Waals surface area contributed by atoms with Crippen molar-refractivity contribution in [2.45, 2.75) is 31.7 Å². The number of thiophene rings is 1. The van der Waals surface area contributed by atoms with Crippen LogP contribution >= 0.6 is 11.3 Å². The molecular formula is C16H22N2OS. The van der Waals surface area contributed by atoms with Crippen LogP contribution in [0.5, 0.6) is 0 Å². The SMILES string of the molecule is O=C(c1ccsc1)N1C[C@H]2CC[C@@H](C1)N(CC1CC1)C2. The Labute approximate surface area is 124 Å². The number of fused-ring (bicyclic) bond motifs is 4. The molecule has 4 heteroatoms. The third-order valence-corrected chi connectivity index (χ3v) is 5.76. The van der Waals surface area contributed by atoms with Gasteiger partial charge in [-0.05, 0) is 49.0 Å². The summed E-state index contributed by atoms with van der Waals surface area (Å²) in [6, 6.07) is 2.57. The van der Waals surface area contributed by atoms with E-state index >= 15 is 0 Å². The Morgan fingerprint density at radius 2 is 2.10 bits per heavy atom. The molecule has 1 aromatic heterocycles. The lowest BCUT2D eigenvalue weighted by atomic mass is 9.95. The topological polar surface area (TPSA) is 23.6 Å². The predicted octanol–water partition coefficient (Wildman–Crippen LogP) is 2.69. The molecule has 2 atom stereocenters. The Morgan fingerprint density at radius 1 is 1.20 bits per heavy atom. The highest BCUT2D eigenvalue weighted by Crippen LogP contribution is 2.35. The molecule has 0 unspecified atom stereocenters. The van der Waals surface area contributed by atoms with Crippen molar-refractivity contribution in [1.82, 2.24) is 9.80 Å². The molecule has 1 saturated carbocycles. The van der Waals surface area contributed by atoms with Gasteiger partial charge in [-0.1, -0.05) is 0 Å². The summed E-state index contributed by atoms with van der Waals surface area (Å²) in [6.45, 7) is 4.40. The van der Waals surface area contributed by atoms with E-state index in [0.717, 1.165) is 24.6 Å². The standard InChI is InChI=1S/C16H22N2OS/c19-16(14-5-6-20-11-14)18-9-13-3-4-15(10-18)17(8-13)7-12-1-2-12/h5-6,11-13,15H,1-4,7-10H2/t13-,15-/m0/s1. The second kappa shape index (κ2) is 5.15. The molecule has 1 aromatic rings. The van der Waals surface area contributed by atoms with Gasteiger partial charge >= 0.3 is 0 Å². The molecule has 4 fully saturated rings. The molecule has 108 valence electrons. The van der Waals surface area contributed by atoms with Gasteiger partial charge in [-0.2, -0.15) is 11.3 Å². The zero-order chi connectivity index (χ0) is 13.5. The third-order valence-electron chi connectivity index (χ3n) is 5.07. The Kier molecular flexibility index (Phi) is 3.31. The van der Waals surface area contributed by atoms with Crippen LogP contribution in [0, 0.1) is 11.8 Å². The number of piperidine rings is 1. The number of rotatable bonds is 3. The molecule has 0 spiro atoms. The van der Waals surface area contributed by atoms with Crippen LogP contribution in [0.4, 0.5) is 0 Å². The molecule has 3 saturated heterocycles. The van der Waals surface area contributed by atoms with Crippen molar-refractivity contribution in [2.24, 2.45) is 11.8 Å². The van der Waals surface area contributed by atoms with Crippen LogP contribution in [-0.2, 0) is 0 Å². The minimum atomic E-state index is 0.247. The van der Waals surface area contributed by atoms with E-state index in [0.29, 0.717) is 12.0 Å². The summed E-state index contributed by atoms with van der Waals surface area (Å²) >= 11 is 1.61. The average molecular weight is 290 g/mol. The molecule has 0 N–H and O–H groups in total. The lowest BCUT2D eigenvalue weighted by Gasteiger charge is -2.36. The zero-order valence-corrected chi connectivity index (χ0v) is 12.6. The van der Waals surface area contributed by atoms with Crippen molar-refractivity contribution in [1.29, 1.82) is 0 Å². The number of amides is 1. The summed E-state index contributed by atoms with van der Waals surface area (Å²) in [5, 5.41) is 3.98. The Balaban J connectivity index is 1.49. The largest absolute Gasteiger partial charge is 0.337 e. The number of carbonyl (C=O) groups excluding carboxylic acids is 1. The first-order valence-corrected chi connectivity index (χ1v) is 8.79. The average Bonchev–Trinajstić information content (AvgIpc) is 3.18. The van der Waals surface area contributed by atoms with Crippen molar-refractivity contribution in [3.63, 3.8) is 0 Å². The fourth-order valence-electron chi connectivity index (χ4n) is 3.77. The van der Waals surface area contributed by atoms with Crippen molar-refractivity contribution in [3.05, 3.63) is 22.4 Å². The second-order valence-electron chi connectivity index (χ2n) is 6.72. The quantitative estimate of drug-likeness (QED) is 0.854. The van der Waals surface area contributed by atoms with Gasteiger partial charge in [-0.15, -0.1) is 0 Å². The number of nitrogens with zero attached hydrogens (tertiary/aromatic N) is 2. The smallest absolute Gasteiger partial charge is 0.254 e. The van der Waals surface area contributed by atoms with Gasteiger partial charge in [0.05, 0.1) is 5.56 Å². The second-order valence-corrected chi connectivity index (χ2v) is 7.50. The molecular weight excluding hydrogens is 268 g/mol. The molecule has 20 heavy (non-hydrogen) atoms. The maximum Gasteiger partial charge on any atom is 0.254 e. The molecule has 2 bridgehead atoms. The molecule has 0 aromatic carbocycles. The van der Waals surface area contributed by atoms with Gasteiger partial charge in [-0.25, -0.2) is 0 Å². The molecule has 4 aliphatic rings. The van der Waals surface area contributed by atoms with Crippen LogP contribution in [0.15, 0.2) is 16.8 Å². The van der Waals surface area contributed by atoms with E-state index in [-0.39, 0.29) is 5.91 Å². The molecule has 3 aliphatic heterocycles. The Hall–Kier alpha value is -0.870. The molecule has 1 amide bonds. The zero-order valence-electron chi connectivity index (χ0n) is 11.8. The predicted molar refractivity (Wildman–Crippen MR) is 81.0 cm³/mol. The summed E-state index contributed by atoms with van der Waals surface area (Å²) in [5.41, 5.74) is 0.880. The number of hydrogen-bond acceptors (Lipinski definition) is 3. The normalized spacial score (nSPS) is 30.5. The summed E-state index contributed by atoms with van der Waals surface area (Å²) in [6.07, 6.45) is 5.43. The van der Waals surface area contributed by atoms with E-state index in [4.69, 9.17) is 0 Å². The lowest BCUT2D eigenvalue weighted by molar-refractivity contribution is 0.0737. The van der Waals surface area contributed by atoms with Crippen LogP contribution in [0.2, 0.25) is 0 Å². The van der Waals surface area contributed by atoms with E-state index in [1.165, 1.54) is 38.8 Å². The first-order chi connectivity index (χ1) is 9.79. The fourth-order valence-corrected chi connectivity index (χ4v) is 4.40. The molecule has 0 radical (unpaired) electrons. The highest BCUT2D eigenvalue weighted by molar-refractivity contribution is 7.08. The van der Waals surface area contributed by atoms with Crippen LogP contribution in [-0.4, -0.2) is 47.9 Å². The Morgan fingerprint density at radius 3 is 2.85 bits per heavy atom. The molecule has 3 nitrogen and oxygen atoms in total.